The van der Waals surface area contributed by atoms with Gasteiger partial charge < -0.3 is 14.4 Å². The molecule has 1 aromatic carbocycles. The molecular formula is C26H24N6O3. The molecule has 1 amide bonds. The Morgan fingerprint density at radius 3 is 2.63 bits per heavy atom. The quantitative estimate of drug-likeness (QED) is 0.416. The fraction of sp³-hybridized carbons (Fsp3) is 0.231. The van der Waals surface area contributed by atoms with Gasteiger partial charge in [0.05, 0.1) is 12.8 Å². The number of nitrogens with zero attached hydrogens (tertiary/aromatic N) is 6. The number of hydrogen-bond donors (Lipinski definition) is 0. The second kappa shape index (κ2) is 10.3. The van der Waals surface area contributed by atoms with E-state index in [1.54, 1.807) is 38.0 Å². The zero-order valence-electron chi connectivity index (χ0n) is 19.2. The second-order valence-electron chi connectivity index (χ2n) is 8.13. The maximum absolute atomic E-state index is 13.4. The highest BCUT2D eigenvalue weighted by Crippen LogP contribution is 2.36. The fourth-order valence-electron chi connectivity index (χ4n) is 4.19. The number of benzene rings is 1. The van der Waals surface area contributed by atoms with Crippen LogP contribution in [0.1, 0.15) is 34.9 Å². The molecule has 35 heavy (non-hydrogen) atoms. The Hall–Kier alpha value is -4.40. The third-order valence-corrected chi connectivity index (χ3v) is 5.89. The third kappa shape index (κ3) is 4.93. The summed E-state index contributed by atoms with van der Waals surface area (Å²) in [5.41, 5.74) is 2.53. The Morgan fingerprint density at radius 2 is 1.80 bits per heavy atom. The van der Waals surface area contributed by atoms with Crippen molar-refractivity contribution in [1.29, 1.82) is 0 Å². The fourth-order valence-corrected chi connectivity index (χ4v) is 4.19. The van der Waals surface area contributed by atoms with Crippen LogP contribution in [0, 0.1) is 0 Å². The lowest BCUT2D eigenvalue weighted by molar-refractivity contribution is 0.0699. The maximum atomic E-state index is 13.4. The second-order valence-corrected chi connectivity index (χ2v) is 8.13. The Labute approximate surface area is 202 Å². The normalized spacial score (nSPS) is 15.5. The molecule has 9 heteroatoms. The van der Waals surface area contributed by atoms with Crippen molar-refractivity contribution >= 4 is 5.91 Å². The van der Waals surface area contributed by atoms with Gasteiger partial charge in [-0.1, -0.05) is 18.2 Å². The molecule has 1 aliphatic rings. The van der Waals surface area contributed by atoms with Crippen LogP contribution >= 0.6 is 0 Å². The van der Waals surface area contributed by atoms with Gasteiger partial charge in [0.1, 0.15) is 17.7 Å². The number of likely N-dealkylation sites (tertiary alicyclic amines) is 1. The first-order valence-corrected chi connectivity index (χ1v) is 11.4. The summed E-state index contributed by atoms with van der Waals surface area (Å²) in [6.45, 7) is 1.15. The van der Waals surface area contributed by atoms with Gasteiger partial charge in [-0.2, -0.15) is 0 Å². The number of ether oxygens (including phenoxy) is 2. The number of amides is 1. The highest BCUT2D eigenvalue weighted by Gasteiger charge is 2.29. The average molecular weight is 469 g/mol. The zero-order valence-corrected chi connectivity index (χ0v) is 19.2. The molecule has 1 saturated heterocycles. The lowest BCUT2D eigenvalue weighted by Gasteiger charge is -2.32. The van der Waals surface area contributed by atoms with Crippen molar-refractivity contribution in [2.45, 2.75) is 18.8 Å². The highest BCUT2D eigenvalue weighted by molar-refractivity contribution is 5.93. The number of rotatable bonds is 6. The van der Waals surface area contributed by atoms with Gasteiger partial charge >= 0.3 is 0 Å². The Bertz CT molecular complexity index is 1320. The van der Waals surface area contributed by atoms with E-state index in [2.05, 4.69) is 24.9 Å². The predicted molar refractivity (Wildman–Crippen MR) is 128 cm³/mol. The molecule has 5 rings (SSSR count). The predicted octanol–water partition coefficient (Wildman–Crippen LogP) is 4.15. The molecule has 1 atom stereocenters. The average Bonchev–Trinajstić information content (AvgIpc) is 2.94. The van der Waals surface area contributed by atoms with Crippen molar-refractivity contribution in [2.75, 3.05) is 20.2 Å². The van der Waals surface area contributed by atoms with Crippen LogP contribution in [0.2, 0.25) is 0 Å². The maximum Gasteiger partial charge on any atom is 0.272 e. The number of methoxy groups -OCH3 is 1. The molecule has 0 aliphatic carbocycles. The molecule has 0 radical (unpaired) electrons. The summed E-state index contributed by atoms with van der Waals surface area (Å²) in [4.78, 5) is 36.8. The van der Waals surface area contributed by atoms with Crippen LogP contribution in [0.4, 0.5) is 0 Å². The Morgan fingerprint density at radius 1 is 1.00 bits per heavy atom. The summed E-state index contributed by atoms with van der Waals surface area (Å²) < 4.78 is 11.5. The van der Waals surface area contributed by atoms with Gasteiger partial charge in [-0.15, -0.1) is 0 Å². The molecule has 9 nitrogen and oxygen atoms in total. The van der Waals surface area contributed by atoms with Crippen molar-refractivity contribution in [2.24, 2.45) is 0 Å². The number of piperidine rings is 1. The third-order valence-electron chi connectivity index (χ3n) is 5.89. The molecule has 4 heterocycles. The van der Waals surface area contributed by atoms with E-state index in [-0.39, 0.29) is 11.8 Å². The summed E-state index contributed by atoms with van der Waals surface area (Å²) in [6, 6.07) is 12.8. The Balaban J connectivity index is 1.36. The van der Waals surface area contributed by atoms with Crippen molar-refractivity contribution in [3.63, 3.8) is 0 Å². The smallest absolute Gasteiger partial charge is 0.272 e. The van der Waals surface area contributed by atoms with Gasteiger partial charge in [0.25, 0.3) is 5.91 Å². The van der Waals surface area contributed by atoms with Gasteiger partial charge in [0, 0.05) is 49.4 Å². The standard InChI is InChI=1S/C26H24N6O3/c1-34-22-9-2-3-10-23(22)35-25-24(29-11-12-30-25)18-6-5-13-32(16-18)26(33)21-8-4-7-20(31-21)19-14-27-17-28-15-19/h2-4,7-12,14-15,17-18H,5-6,13,16H2,1H3. The molecule has 0 N–H and O–H groups in total. The van der Waals surface area contributed by atoms with Crippen LogP contribution in [0.25, 0.3) is 11.3 Å². The number of carbonyl (C=O) groups is 1. The highest BCUT2D eigenvalue weighted by atomic mass is 16.5. The summed E-state index contributed by atoms with van der Waals surface area (Å²) in [6.07, 6.45) is 9.79. The van der Waals surface area contributed by atoms with Gasteiger partial charge in [0.15, 0.2) is 11.5 Å². The van der Waals surface area contributed by atoms with Crippen LogP contribution in [-0.2, 0) is 0 Å². The first-order valence-electron chi connectivity index (χ1n) is 11.4. The van der Waals surface area contributed by atoms with E-state index in [0.29, 0.717) is 41.9 Å². The minimum Gasteiger partial charge on any atom is -0.493 e. The van der Waals surface area contributed by atoms with Gasteiger partial charge in [-0.25, -0.2) is 19.9 Å². The molecular weight excluding hydrogens is 444 g/mol. The monoisotopic (exact) mass is 468 g/mol. The molecule has 0 spiro atoms. The van der Waals surface area contributed by atoms with E-state index in [0.717, 1.165) is 24.1 Å². The lowest BCUT2D eigenvalue weighted by Crippen LogP contribution is -2.39. The largest absolute Gasteiger partial charge is 0.493 e. The number of hydrogen-bond acceptors (Lipinski definition) is 8. The number of pyridine rings is 1. The molecule has 1 aliphatic heterocycles. The number of carbonyl (C=O) groups excluding carboxylic acids is 1. The van der Waals surface area contributed by atoms with Crippen molar-refractivity contribution in [3.8, 4) is 28.6 Å². The molecule has 1 fully saturated rings. The zero-order chi connectivity index (χ0) is 24.0. The van der Waals surface area contributed by atoms with Gasteiger partial charge in [-0.05, 0) is 37.1 Å². The summed E-state index contributed by atoms with van der Waals surface area (Å²) in [7, 11) is 1.60. The molecule has 3 aromatic heterocycles. The van der Waals surface area contributed by atoms with Crippen LogP contribution in [0.15, 0.2) is 73.6 Å². The summed E-state index contributed by atoms with van der Waals surface area (Å²) in [5.74, 6) is 1.45. The van der Waals surface area contributed by atoms with Crippen molar-refractivity contribution < 1.29 is 14.3 Å². The molecule has 0 saturated carbocycles. The number of aromatic nitrogens is 5. The summed E-state index contributed by atoms with van der Waals surface area (Å²) in [5, 5.41) is 0. The van der Waals surface area contributed by atoms with E-state index >= 15 is 0 Å². The Kier molecular flexibility index (Phi) is 6.56. The van der Waals surface area contributed by atoms with Crippen LogP contribution in [-0.4, -0.2) is 55.9 Å². The molecule has 0 bridgehead atoms. The van der Waals surface area contributed by atoms with Crippen LogP contribution < -0.4 is 9.47 Å². The van der Waals surface area contributed by atoms with Crippen molar-refractivity contribution in [3.05, 3.63) is 85.0 Å². The molecule has 176 valence electrons. The summed E-state index contributed by atoms with van der Waals surface area (Å²) >= 11 is 0. The van der Waals surface area contributed by atoms with E-state index in [9.17, 15) is 4.79 Å². The van der Waals surface area contributed by atoms with E-state index in [4.69, 9.17) is 9.47 Å². The molecule has 1 unspecified atom stereocenters. The minimum absolute atomic E-state index is 0.0168. The van der Waals surface area contributed by atoms with E-state index < -0.39 is 0 Å². The lowest BCUT2D eigenvalue weighted by atomic mass is 9.94. The first-order chi connectivity index (χ1) is 17.2. The van der Waals surface area contributed by atoms with Gasteiger partial charge in [-0.3, -0.25) is 9.78 Å². The van der Waals surface area contributed by atoms with E-state index in [1.165, 1.54) is 6.33 Å². The number of para-hydroxylation sites is 2. The first kappa shape index (κ1) is 22.4. The van der Waals surface area contributed by atoms with E-state index in [1.807, 2.05) is 41.3 Å². The minimum atomic E-state index is -0.121. The van der Waals surface area contributed by atoms with Crippen molar-refractivity contribution in [1.82, 2.24) is 29.8 Å². The SMILES string of the molecule is COc1ccccc1Oc1nccnc1C1CCCN(C(=O)c2cccc(-c3cncnc3)n2)C1. The van der Waals surface area contributed by atoms with Crippen LogP contribution in [0.3, 0.4) is 0 Å². The van der Waals surface area contributed by atoms with Gasteiger partial charge in [0.2, 0.25) is 5.88 Å². The van der Waals surface area contributed by atoms with Crippen LogP contribution in [0.5, 0.6) is 17.4 Å². The molecule has 4 aromatic rings. The topological polar surface area (TPSA) is 103 Å².